The summed E-state index contributed by atoms with van der Waals surface area (Å²) in [6, 6.07) is 12.4. The molecule has 1 N–H and O–H groups in total. The quantitative estimate of drug-likeness (QED) is 0.779. The molecule has 1 saturated heterocycles. The first-order valence-electron chi connectivity index (χ1n) is 7.72. The molecule has 0 spiro atoms. The molecule has 0 radical (unpaired) electrons. The Morgan fingerprint density at radius 2 is 1.92 bits per heavy atom. The van der Waals surface area contributed by atoms with Crippen LogP contribution in [0.15, 0.2) is 57.9 Å². The number of amides is 1. The number of benzene rings is 2. The fraction of sp³-hybridized carbons (Fsp3) is 0.235. The van der Waals surface area contributed by atoms with E-state index in [-0.39, 0.29) is 10.8 Å². The number of hydrogen-bond acceptors (Lipinski definition) is 3. The van der Waals surface area contributed by atoms with E-state index in [1.165, 1.54) is 28.6 Å². The van der Waals surface area contributed by atoms with Crippen LogP contribution in [0.3, 0.4) is 0 Å². The first-order chi connectivity index (χ1) is 11.9. The zero-order valence-corrected chi connectivity index (χ0v) is 16.3. The molecule has 0 aliphatic carbocycles. The maximum atomic E-state index is 12.9. The van der Waals surface area contributed by atoms with Crippen LogP contribution < -0.4 is 5.32 Å². The SMILES string of the molecule is O=C(Nc1cccc(Br)c1)[C@@H]1CCCN1S(=O)(=O)c1ccc(Cl)cc1. The lowest BCUT2D eigenvalue weighted by Gasteiger charge is -2.23. The molecule has 0 aromatic heterocycles. The summed E-state index contributed by atoms with van der Waals surface area (Å²) < 4.78 is 27.8. The fourth-order valence-electron chi connectivity index (χ4n) is 2.82. The van der Waals surface area contributed by atoms with Gasteiger partial charge in [0.15, 0.2) is 0 Å². The van der Waals surface area contributed by atoms with Gasteiger partial charge in [-0.3, -0.25) is 4.79 Å². The second-order valence-electron chi connectivity index (χ2n) is 5.73. The zero-order valence-electron chi connectivity index (χ0n) is 13.2. The number of halogens is 2. The van der Waals surface area contributed by atoms with Gasteiger partial charge in [0, 0.05) is 21.7 Å². The molecule has 3 rings (SSSR count). The van der Waals surface area contributed by atoms with E-state index in [1.807, 2.05) is 6.07 Å². The van der Waals surface area contributed by atoms with Gasteiger partial charge in [0.1, 0.15) is 6.04 Å². The van der Waals surface area contributed by atoms with Crippen molar-refractivity contribution in [3.05, 3.63) is 58.0 Å². The van der Waals surface area contributed by atoms with Crippen molar-refractivity contribution < 1.29 is 13.2 Å². The summed E-state index contributed by atoms with van der Waals surface area (Å²) in [5.41, 5.74) is 0.620. The van der Waals surface area contributed by atoms with Gasteiger partial charge in [-0.1, -0.05) is 33.6 Å². The Balaban J connectivity index is 1.82. The highest BCUT2D eigenvalue weighted by atomic mass is 79.9. The van der Waals surface area contributed by atoms with Gasteiger partial charge in [-0.05, 0) is 55.3 Å². The van der Waals surface area contributed by atoms with E-state index in [9.17, 15) is 13.2 Å². The highest BCUT2D eigenvalue weighted by Crippen LogP contribution is 2.28. The average Bonchev–Trinajstić information content (AvgIpc) is 3.06. The van der Waals surface area contributed by atoms with E-state index in [2.05, 4.69) is 21.2 Å². The van der Waals surface area contributed by atoms with Gasteiger partial charge in [0.25, 0.3) is 0 Å². The lowest BCUT2D eigenvalue weighted by atomic mass is 10.2. The van der Waals surface area contributed by atoms with Crippen molar-refractivity contribution in [2.75, 3.05) is 11.9 Å². The van der Waals surface area contributed by atoms with Gasteiger partial charge < -0.3 is 5.32 Å². The normalized spacial score (nSPS) is 18.2. The Bertz CT molecular complexity index is 887. The second-order valence-corrected chi connectivity index (χ2v) is 8.97. The van der Waals surface area contributed by atoms with Crippen LogP contribution >= 0.6 is 27.5 Å². The first kappa shape index (κ1) is 18.4. The summed E-state index contributed by atoms with van der Waals surface area (Å²) in [7, 11) is -3.75. The molecule has 0 unspecified atom stereocenters. The van der Waals surface area contributed by atoms with E-state index in [0.29, 0.717) is 30.1 Å². The number of nitrogens with zero attached hydrogens (tertiary/aromatic N) is 1. The Labute approximate surface area is 160 Å². The molecular formula is C17H16BrClN2O3S. The van der Waals surface area contributed by atoms with Crippen LogP contribution in [0.2, 0.25) is 5.02 Å². The number of carbonyl (C=O) groups is 1. The zero-order chi connectivity index (χ0) is 18.0. The highest BCUT2D eigenvalue weighted by molar-refractivity contribution is 9.10. The minimum Gasteiger partial charge on any atom is -0.325 e. The van der Waals surface area contributed by atoms with Crippen LogP contribution in [0.1, 0.15) is 12.8 Å². The van der Waals surface area contributed by atoms with E-state index in [4.69, 9.17) is 11.6 Å². The van der Waals surface area contributed by atoms with Crippen LogP contribution in [-0.2, 0) is 14.8 Å². The van der Waals surface area contributed by atoms with Crippen molar-refractivity contribution in [1.82, 2.24) is 4.31 Å². The molecule has 8 heteroatoms. The lowest BCUT2D eigenvalue weighted by Crippen LogP contribution is -2.43. The topological polar surface area (TPSA) is 66.5 Å². The average molecular weight is 444 g/mol. The van der Waals surface area contributed by atoms with Crippen LogP contribution in [-0.4, -0.2) is 31.2 Å². The van der Waals surface area contributed by atoms with E-state index in [0.717, 1.165) is 4.47 Å². The Morgan fingerprint density at radius 3 is 2.60 bits per heavy atom. The molecule has 25 heavy (non-hydrogen) atoms. The number of anilines is 1. The van der Waals surface area contributed by atoms with Gasteiger partial charge >= 0.3 is 0 Å². The summed E-state index contributed by atoms with van der Waals surface area (Å²) in [5.74, 6) is -0.326. The van der Waals surface area contributed by atoms with Crippen molar-refractivity contribution in [3.8, 4) is 0 Å². The number of sulfonamides is 1. The standard InChI is InChI=1S/C17H16BrClN2O3S/c18-12-3-1-4-14(11-12)20-17(22)16-5-2-10-21(16)25(23,24)15-8-6-13(19)7-9-15/h1,3-4,6-9,11,16H,2,5,10H2,(H,20,22)/t16-/m0/s1. The summed E-state index contributed by atoms with van der Waals surface area (Å²) in [4.78, 5) is 12.8. The summed E-state index contributed by atoms with van der Waals surface area (Å²) >= 11 is 9.17. The van der Waals surface area contributed by atoms with Gasteiger partial charge in [0.05, 0.1) is 4.90 Å². The molecule has 1 fully saturated rings. The van der Waals surface area contributed by atoms with Gasteiger partial charge in [-0.15, -0.1) is 0 Å². The van der Waals surface area contributed by atoms with Crippen LogP contribution in [0.4, 0.5) is 5.69 Å². The molecule has 1 atom stereocenters. The fourth-order valence-corrected chi connectivity index (χ4v) is 5.01. The minimum absolute atomic E-state index is 0.138. The molecule has 0 saturated carbocycles. The van der Waals surface area contributed by atoms with Crippen molar-refractivity contribution in [2.45, 2.75) is 23.8 Å². The number of nitrogens with one attached hydrogen (secondary N) is 1. The van der Waals surface area contributed by atoms with E-state index < -0.39 is 16.1 Å². The molecule has 1 heterocycles. The number of hydrogen-bond donors (Lipinski definition) is 1. The Hall–Kier alpha value is -1.41. The maximum absolute atomic E-state index is 12.9. The van der Waals surface area contributed by atoms with Crippen molar-refractivity contribution in [2.24, 2.45) is 0 Å². The Morgan fingerprint density at radius 1 is 1.20 bits per heavy atom. The third-order valence-corrected chi connectivity index (χ3v) is 6.69. The van der Waals surface area contributed by atoms with Gasteiger partial charge in [0.2, 0.25) is 15.9 Å². The molecule has 1 amide bonds. The maximum Gasteiger partial charge on any atom is 0.243 e. The molecule has 2 aromatic rings. The number of rotatable bonds is 4. The predicted octanol–water partition coefficient (Wildman–Crippen LogP) is 3.89. The molecule has 2 aromatic carbocycles. The van der Waals surface area contributed by atoms with E-state index in [1.54, 1.807) is 18.2 Å². The lowest BCUT2D eigenvalue weighted by molar-refractivity contribution is -0.119. The summed E-state index contributed by atoms with van der Waals surface area (Å²) in [6.07, 6.45) is 1.13. The molecular weight excluding hydrogens is 428 g/mol. The smallest absolute Gasteiger partial charge is 0.243 e. The molecule has 1 aliphatic heterocycles. The molecule has 132 valence electrons. The number of carbonyl (C=O) groups excluding carboxylic acids is 1. The summed E-state index contributed by atoms with van der Waals surface area (Å²) in [5, 5.41) is 3.25. The molecule has 0 bridgehead atoms. The van der Waals surface area contributed by atoms with Crippen LogP contribution in [0.5, 0.6) is 0 Å². The monoisotopic (exact) mass is 442 g/mol. The van der Waals surface area contributed by atoms with Crippen molar-refractivity contribution >= 4 is 49.1 Å². The molecule has 5 nitrogen and oxygen atoms in total. The minimum atomic E-state index is -3.75. The van der Waals surface area contributed by atoms with Gasteiger partial charge in [-0.25, -0.2) is 8.42 Å². The van der Waals surface area contributed by atoms with Crippen molar-refractivity contribution in [1.29, 1.82) is 0 Å². The van der Waals surface area contributed by atoms with Gasteiger partial charge in [-0.2, -0.15) is 4.31 Å². The van der Waals surface area contributed by atoms with E-state index >= 15 is 0 Å². The van der Waals surface area contributed by atoms with Crippen molar-refractivity contribution in [3.63, 3.8) is 0 Å². The third kappa shape index (κ3) is 4.06. The summed E-state index contributed by atoms with van der Waals surface area (Å²) in [6.45, 7) is 0.321. The highest BCUT2D eigenvalue weighted by Gasteiger charge is 2.39. The predicted molar refractivity (Wildman–Crippen MR) is 101 cm³/mol. The third-order valence-electron chi connectivity index (χ3n) is 4.02. The second kappa shape index (κ2) is 7.45. The first-order valence-corrected chi connectivity index (χ1v) is 10.3. The largest absolute Gasteiger partial charge is 0.325 e. The van der Waals surface area contributed by atoms with Crippen LogP contribution in [0, 0.1) is 0 Å². The molecule has 1 aliphatic rings. The Kier molecular flexibility index (Phi) is 5.48. The van der Waals surface area contributed by atoms with Crippen LogP contribution in [0.25, 0.3) is 0 Å².